The van der Waals surface area contributed by atoms with E-state index in [9.17, 15) is 4.79 Å². The Morgan fingerprint density at radius 1 is 0.833 bits per heavy atom. The van der Waals surface area contributed by atoms with Gasteiger partial charge in [-0.3, -0.25) is 8.77 Å². The highest BCUT2D eigenvalue weighted by molar-refractivity contribution is 7.97. The molecular formula is C21H31NOS. The van der Waals surface area contributed by atoms with Crippen molar-refractivity contribution in [3.8, 4) is 0 Å². The molecule has 132 valence electrons. The minimum Gasteiger partial charge on any atom is -0.291 e. The predicted octanol–water partition coefficient (Wildman–Crippen LogP) is 6.42. The van der Waals surface area contributed by atoms with Crippen LogP contribution in [0.4, 0.5) is 0 Å². The summed E-state index contributed by atoms with van der Waals surface area (Å²) in [6, 6.07) is 9.55. The fraction of sp³-hybridized carbons (Fsp3) is 0.571. The van der Waals surface area contributed by atoms with E-state index in [4.69, 9.17) is 0 Å². The number of benzene rings is 1. The van der Waals surface area contributed by atoms with E-state index < -0.39 is 0 Å². The number of pyridine rings is 1. The number of hydrogen-bond acceptors (Lipinski definition) is 2. The van der Waals surface area contributed by atoms with Crippen molar-refractivity contribution in [1.82, 2.24) is 3.97 Å². The lowest BCUT2D eigenvalue weighted by Crippen LogP contribution is -2.04. The number of hydrogen-bond donors (Lipinski definition) is 0. The average molecular weight is 346 g/mol. The molecule has 0 amide bonds. The lowest BCUT2D eigenvalue weighted by molar-refractivity contribution is 0.563. The van der Waals surface area contributed by atoms with Crippen LogP contribution in [-0.4, -0.2) is 9.73 Å². The van der Waals surface area contributed by atoms with Gasteiger partial charge in [0, 0.05) is 23.4 Å². The highest BCUT2D eigenvalue weighted by atomic mass is 32.2. The molecule has 1 aromatic heterocycles. The molecule has 0 N–H and O–H groups in total. The Balaban J connectivity index is 1.60. The summed E-state index contributed by atoms with van der Waals surface area (Å²) in [5.41, 5.74) is 1.14. The van der Waals surface area contributed by atoms with Gasteiger partial charge in [0.15, 0.2) is 5.43 Å². The van der Waals surface area contributed by atoms with Crippen molar-refractivity contribution in [2.75, 3.05) is 5.75 Å². The van der Waals surface area contributed by atoms with Gasteiger partial charge in [0.05, 0.1) is 5.52 Å². The zero-order chi connectivity index (χ0) is 17.0. The van der Waals surface area contributed by atoms with Crippen molar-refractivity contribution in [2.24, 2.45) is 0 Å². The van der Waals surface area contributed by atoms with E-state index in [2.05, 4.69) is 10.9 Å². The molecule has 0 aliphatic rings. The number of fused-ring (bicyclic) bond motifs is 1. The lowest BCUT2D eigenvalue weighted by Gasteiger charge is -2.09. The van der Waals surface area contributed by atoms with Crippen molar-refractivity contribution < 1.29 is 0 Å². The molecule has 0 unspecified atom stereocenters. The average Bonchev–Trinajstić information content (AvgIpc) is 2.61. The van der Waals surface area contributed by atoms with Gasteiger partial charge in [-0.25, -0.2) is 0 Å². The quantitative estimate of drug-likeness (QED) is 0.414. The van der Waals surface area contributed by atoms with Gasteiger partial charge in [0.2, 0.25) is 0 Å². The molecule has 0 aliphatic carbocycles. The second-order valence-corrected chi connectivity index (χ2v) is 7.60. The second-order valence-electron chi connectivity index (χ2n) is 6.54. The standard InChI is InChI=1S/C21H31NOS/c1-2-3-4-5-6-7-8-9-10-13-18-24-22-17-16-21(23)19-14-11-12-15-20(19)22/h11-12,14-17H,2-10,13,18H2,1H3. The predicted molar refractivity (Wildman–Crippen MR) is 108 cm³/mol. The fourth-order valence-corrected chi connectivity index (χ4v) is 4.02. The van der Waals surface area contributed by atoms with E-state index in [1.165, 1.54) is 64.2 Å². The molecule has 0 bridgehead atoms. The maximum atomic E-state index is 11.9. The first-order valence-corrected chi connectivity index (χ1v) is 10.5. The minimum absolute atomic E-state index is 0.112. The third-order valence-electron chi connectivity index (χ3n) is 4.50. The second kappa shape index (κ2) is 11.4. The van der Waals surface area contributed by atoms with E-state index in [1.54, 1.807) is 6.07 Å². The molecule has 0 fully saturated rings. The summed E-state index contributed by atoms with van der Waals surface area (Å²) in [6.07, 6.45) is 15.6. The van der Waals surface area contributed by atoms with Crippen LogP contribution in [0.2, 0.25) is 0 Å². The first kappa shape index (κ1) is 19.1. The highest BCUT2D eigenvalue weighted by Gasteiger charge is 2.02. The lowest BCUT2D eigenvalue weighted by atomic mass is 10.1. The summed E-state index contributed by atoms with van der Waals surface area (Å²) in [4.78, 5) is 11.9. The number of nitrogens with zero attached hydrogens (tertiary/aromatic N) is 1. The summed E-state index contributed by atoms with van der Waals surface area (Å²) >= 11 is 1.81. The Morgan fingerprint density at radius 2 is 1.46 bits per heavy atom. The van der Waals surface area contributed by atoms with E-state index in [-0.39, 0.29) is 5.43 Å². The van der Waals surface area contributed by atoms with E-state index in [0.29, 0.717) is 0 Å². The number of rotatable bonds is 12. The molecule has 1 heterocycles. The maximum Gasteiger partial charge on any atom is 0.189 e. The monoisotopic (exact) mass is 345 g/mol. The molecule has 0 saturated heterocycles. The van der Waals surface area contributed by atoms with Gasteiger partial charge in [-0.1, -0.05) is 76.8 Å². The van der Waals surface area contributed by atoms with Crippen LogP contribution in [0.3, 0.4) is 0 Å². The first-order valence-electron chi connectivity index (χ1n) is 9.56. The van der Waals surface area contributed by atoms with Crippen molar-refractivity contribution >= 4 is 22.9 Å². The molecule has 0 saturated carbocycles. The molecule has 1 aromatic carbocycles. The van der Waals surface area contributed by atoms with Crippen molar-refractivity contribution in [2.45, 2.75) is 71.1 Å². The topological polar surface area (TPSA) is 22.0 Å². The Hall–Kier alpha value is -1.22. The summed E-state index contributed by atoms with van der Waals surface area (Å²) < 4.78 is 2.14. The third kappa shape index (κ3) is 6.35. The smallest absolute Gasteiger partial charge is 0.189 e. The summed E-state index contributed by atoms with van der Waals surface area (Å²) in [6.45, 7) is 2.27. The van der Waals surface area contributed by atoms with Gasteiger partial charge in [-0.2, -0.15) is 0 Å². The number of aromatic nitrogens is 1. The molecule has 0 radical (unpaired) electrons. The molecule has 2 aromatic rings. The van der Waals surface area contributed by atoms with Crippen LogP contribution in [0.15, 0.2) is 41.3 Å². The van der Waals surface area contributed by atoms with Crippen LogP contribution < -0.4 is 5.43 Å². The minimum atomic E-state index is 0.112. The first-order chi connectivity index (χ1) is 11.8. The van der Waals surface area contributed by atoms with Crippen LogP contribution in [-0.2, 0) is 0 Å². The van der Waals surface area contributed by atoms with E-state index in [1.807, 2.05) is 42.4 Å². The van der Waals surface area contributed by atoms with Gasteiger partial charge in [0.25, 0.3) is 0 Å². The van der Waals surface area contributed by atoms with Crippen LogP contribution >= 0.6 is 11.9 Å². The largest absolute Gasteiger partial charge is 0.291 e. The number of unbranched alkanes of at least 4 members (excludes halogenated alkanes) is 9. The molecule has 0 spiro atoms. The molecule has 2 nitrogen and oxygen atoms in total. The molecule has 24 heavy (non-hydrogen) atoms. The molecule has 0 aliphatic heterocycles. The fourth-order valence-electron chi connectivity index (χ4n) is 3.04. The van der Waals surface area contributed by atoms with Crippen molar-refractivity contribution in [3.05, 3.63) is 46.8 Å². The molecular weight excluding hydrogens is 314 g/mol. The van der Waals surface area contributed by atoms with Crippen LogP contribution in [0, 0.1) is 0 Å². The Morgan fingerprint density at radius 3 is 2.17 bits per heavy atom. The van der Waals surface area contributed by atoms with Gasteiger partial charge in [-0.05, 0) is 30.5 Å². The van der Waals surface area contributed by atoms with E-state index in [0.717, 1.165) is 16.7 Å². The zero-order valence-electron chi connectivity index (χ0n) is 15.0. The molecule has 3 heteroatoms. The highest BCUT2D eigenvalue weighted by Crippen LogP contribution is 2.18. The van der Waals surface area contributed by atoms with Crippen molar-refractivity contribution in [3.63, 3.8) is 0 Å². The number of para-hydroxylation sites is 1. The summed E-state index contributed by atoms with van der Waals surface area (Å²) in [5, 5.41) is 0.815. The Labute approximate surface area is 150 Å². The van der Waals surface area contributed by atoms with Crippen LogP contribution in [0.1, 0.15) is 71.1 Å². The van der Waals surface area contributed by atoms with Gasteiger partial charge in [-0.15, -0.1) is 0 Å². The molecule has 0 atom stereocenters. The van der Waals surface area contributed by atoms with Gasteiger partial charge < -0.3 is 0 Å². The SMILES string of the molecule is CCCCCCCCCCCCSn1ccc(=O)c2ccccc21. The van der Waals surface area contributed by atoms with E-state index >= 15 is 0 Å². The summed E-state index contributed by atoms with van der Waals surface area (Å²) in [5.74, 6) is 1.11. The van der Waals surface area contributed by atoms with Gasteiger partial charge >= 0.3 is 0 Å². The van der Waals surface area contributed by atoms with Crippen molar-refractivity contribution in [1.29, 1.82) is 0 Å². The Kier molecular flexibility index (Phi) is 9.04. The molecule has 2 rings (SSSR count). The maximum absolute atomic E-state index is 11.9. The van der Waals surface area contributed by atoms with Crippen LogP contribution in [0.5, 0.6) is 0 Å². The summed E-state index contributed by atoms with van der Waals surface area (Å²) in [7, 11) is 0. The Bertz CT molecular complexity index is 650. The van der Waals surface area contributed by atoms with Gasteiger partial charge in [0.1, 0.15) is 0 Å². The third-order valence-corrected chi connectivity index (χ3v) is 5.56. The van der Waals surface area contributed by atoms with Crippen LogP contribution in [0.25, 0.3) is 10.9 Å². The normalized spacial score (nSPS) is 11.2. The zero-order valence-corrected chi connectivity index (χ0v) is 15.8.